The third-order valence-electron chi connectivity index (χ3n) is 4.30. The van der Waals surface area contributed by atoms with E-state index in [1.807, 2.05) is 13.8 Å². The van der Waals surface area contributed by atoms with Gasteiger partial charge < -0.3 is 14.6 Å². The molecular formula is C21H20N2O4. The highest BCUT2D eigenvalue weighted by Gasteiger charge is 2.14. The lowest BCUT2D eigenvalue weighted by Crippen LogP contribution is -2.30. The third-order valence-corrected chi connectivity index (χ3v) is 4.30. The van der Waals surface area contributed by atoms with E-state index in [2.05, 4.69) is 5.32 Å². The maximum absolute atomic E-state index is 12.4. The summed E-state index contributed by atoms with van der Waals surface area (Å²) in [5, 5.41) is 3.10. The number of nitrogens with zero attached hydrogens (tertiary/aromatic N) is 1. The van der Waals surface area contributed by atoms with Gasteiger partial charge >= 0.3 is 0 Å². The molecule has 6 nitrogen and oxygen atoms in total. The molecule has 0 atom stereocenters. The van der Waals surface area contributed by atoms with Crippen LogP contribution in [0.15, 0.2) is 63.8 Å². The first kappa shape index (κ1) is 18.4. The molecule has 0 spiro atoms. The molecule has 6 heteroatoms. The number of amides is 2. The minimum absolute atomic E-state index is 0.0570. The number of para-hydroxylation sites is 1. The van der Waals surface area contributed by atoms with Crippen molar-refractivity contribution >= 4 is 28.5 Å². The molecule has 27 heavy (non-hydrogen) atoms. The standard InChI is InChI=1S/C21H20N2O4/c1-3-23(4-2)21(26)14-9-11-15(12-10-14)22-20(25)19-13-17(24)16-7-5-6-8-18(16)27-19/h5-13H,3-4H2,1-2H3,(H,22,25). The summed E-state index contributed by atoms with van der Waals surface area (Å²) in [5.41, 5.74) is 1.14. The van der Waals surface area contributed by atoms with Gasteiger partial charge in [0.15, 0.2) is 11.2 Å². The lowest BCUT2D eigenvalue weighted by atomic mass is 10.1. The Morgan fingerprint density at radius 3 is 2.33 bits per heavy atom. The van der Waals surface area contributed by atoms with Gasteiger partial charge in [-0.1, -0.05) is 12.1 Å². The second kappa shape index (κ2) is 7.86. The van der Waals surface area contributed by atoms with Gasteiger partial charge in [0, 0.05) is 30.4 Å². The van der Waals surface area contributed by atoms with Crippen LogP contribution in [0.5, 0.6) is 0 Å². The van der Waals surface area contributed by atoms with Crippen LogP contribution in [0.1, 0.15) is 34.8 Å². The van der Waals surface area contributed by atoms with Gasteiger partial charge in [-0.05, 0) is 50.2 Å². The van der Waals surface area contributed by atoms with Crippen molar-refractivity contribution in [2.24, 2.45) is 0 Å². The Hall–Kier alpha value is -3.41. The van der Waals surface area contributed by atoms with Gasteiger partial charge in [-0.2, -0.15) is 0 Å². The van der Waals surface area contributed by atoms with Crippen molar-refractivity contribution < 1.29 is 14.0 Å². The number of hydrogen-bond acceptors (Lipinski definition) is 4. The van der Waals surface area contributed by atoms with E-state index < -0.39 is 5.91 Å². The first-order valence-corrected chi connectivity index (χ1v) is 8.77. The summed E-state index contributed by atoms with van der Waals surface area (Å²) in [4.78, 5) is 38.6. The highest BCUT2D eigenvalue weighted by Crippen LogP contribution is 2.15. The maximum Gasteiger partial charge on any atom is 0.291 e. The predicted octanol–water partition coefficient (Wildman–Crippen LogP) is 3.53. The van der Waals surface area contributed by atoms with Gasteiger partial charge in [-0.15, -0.1) is 0 Å². The summed E-state index contributed by atoms with van der Waals surface area (Å²) >= 11 is 0. The van der Waals surface area contributed by atoms with Crippen LogP contribution >= 0.6 is 0 Å². The van der Waals surface area contributed by atoms with Gasteiger partial charge in [0.05, 0.1) is 5.39 Å². The van der Waals surface area contributed by atoms with E-state index in [-0.39, 0.29) is 17.1 Å². The molecule has 1 aromatic heterocycles. The van der Waals surface area contributed by atoms with E-state index in [0.29, 0.717) is 35.3 Å². The van der Waals surface area contributed by atoms with Crippen molar-refractivity contribution in [3.63, 3.8) is 0 Å². The van der Waals surface area contributed by atoms with Gasteiger partial charge in [0.1, 0.15) is 5.58 Å². The summed E-state index contributed by atoms with van der Waals surface area (Å²) in [6, 6.07) is 14.5. The average Bonchev–Trinajstić information content (AvgIpc) is 2.69. The van der Waals surface area contributed by atoms with Gasteiger partial charge in [0.25, 0.3) is 11.8 Å². The SMILES string of the molecule is CCN(CC)C(=O)c1ccc(NC(=O)c2cc(=O)c3ccccc3o2)cc1. The molecule has 0 fully saturated rings. The summed E-state index contributed by atoms with van der Waals surface area (Å²) in [6.45, 7) is 5.12. The van der Waals surface area contributed by atoms with Crippen molar-refractivity contribution in [1.29, 1.82) is 0 Å². The first-order chi connectivity index (χ1) is 13.0. The molecule has 0 aliphatic rings. The number of fused-ring (bicyclic) bond motifs is 1. The molecule has 1 N–H and O–H groups in total. The first-order valence-electron chi connectivity index (χ1n) is 8.77. The number of carbonyl (C=O) groups excluding carboxylic acids is 2. The van der Waals surface area contributed by atoms with Gasteiger partial charge in [-0.25, -0.2) is 0 Å². The minimum Gasteiger partial charge on any atom is -0.451 e. The fourth-order valence-electron chi connectivity index (χ4n) is 2.80. The monoisotopic (exact) mass is 364 g/mol. The molecule has 138 valence electrons. The summed E-state index contributed by atoms with van der Waals surface area (Å²) in [6.07, 6.45) is 0. The van der Waals surface area contributed by atoms with E-state index >= 15 is 0 Å². The fraction of sp³-hybridized carbons (Fsp3) is 0.190. The molecule has 3 rings (SSSR count). The molecule has 0 bridgehead atoms. The smallest absolute Gasteiger partial charge is 0.291 e. The fourth-order valence-corrected chi connectivity index (χ4v) is 2.80. The molecule has 0 radical (unpaired) electrons. The molecule has 0 saturated heterocycles. The second-order valence-electron chi connectivity index (χ2n) is 5.98. The Morgan fingerprint density at radius 2 is 1.67 bits per heavy atom. The second-order valence-corrected chi connectivity index (χ2v) is 5.98. The van der Waals surface area contributed by atoms with Crippen LogP contribution in [-0.2, 0) is 0 Å². The molecule has 0 unspecified atom stereocenters. The van der Waals surface area contributed by atoms with Crippen LogP contribution < -0.4 is 10.7 Å². The van der Waals surface area contributed by atoms with E-state index in [1.165, 1.54) is 6.07 Å². The molecule has 3 aromatic rings. The maximum atomic E-state index is 12.4. The Bertz CT molecular complexity index is 1030. The van der Waals surface area contributed by atoms with Crippen LogP contribution in [0.3, 0.4) is 0 Å². The number of nitrogens with one attached hydrogen (secondary N) is 1. The van der Waals surface area contributed by atoms with Gasteiger partial charge in [0.2, 0.25) is 0 Å². The average molecular weight is 364 g/mol. The van der Waals surface area contributed by atoms with Gasteiger partial charge in [-0.3, -0.25) is 14.4 Å². The highest BCUT2D eigenvalue weighted by atomic mass is 16.3. The molecular weight excluding hydrogens is 344 g/mol. The molecule has 1 heterocycles. The summed E-state index contributed by atoms with van der Waals surface area (Å²) in [5.74, 6) is -0.652. The zero-order valence-electron chi connectivity index (χ0n) is 15.2. The largest absolute Gasteiger partial charge is 0.451 e. The zero-order chi connectivity index (χ0) is 19.4. The van der Waals surface area contributed by atoms with Crippen molar-refractivity contribution in [3.05, 3.63) is 76.1 Å². The van der Waals surface area contributed by atoms with Crippen LogP contribution in [0, 0.1) is 0 Å². The number of carbonyl (C=O) groups is 2. The third kappa shape index (κ3) is 3.89. The Morgan fingerprint density at radius 1 is 1.00 bits per heavy atom. The van der Waals surface area contributed by atoms with Crippen LogP contribution in [0.25, 0.3) is 11.0 Å². The topological polar surface area (TPSA) is 79.6 Å². The lowest BCUT2D eigenvalue weighted by Gasteiger charge is -2.18. The summed E-state index contributed by atoms with van der Waals surface area (Å²) < 4.78 is 5.53. The number of hydrogen-bond donors (Lipinski definition) is 1. The van der Waals surface area contributed by atoms with Crippen molar-refractivity contribution in [1.82, 2.24) is 4.90 Å². The van der Waals surface area contributed by atoms with Crippen LogP contribution in [0.2, 0.25) is 0 Å². The minimum atomic E-state index is -0.527. The van der Waals surface area contributed by atoms with Crippen LogP contribution in [-0.4, -0.2) is 29.8 Å². The van der Waals surface area contributed by atoms with Crippen LogP contribution in [0.4, 0.5) is 5.69 Å². The van der Waals surface area contributed by atoms with E-state index in [4.69, 9.17) is 4.42 Å². The molecule has 0 aliphatic heterocycles. The highest BCUT2D eigenvalue weighted by molar-refractivity contribution is 6.03. The normalized spacial score (nSPS) is 10.6. The Labute approximate surface area is 156 Å². The van der Waals surface area contributed by atoms with E-state index in [9.17, 15) is 14.4 Å². The number of rotatable bonds is 5. The lowest BCUT2D eigenvalue weighted by molar-refractivity contribution is 0.0773. The zero-order valence-corrected chi connectivity index (χ0v) is 15.2. The number of benzene rings is 2. The van der Waals surface area contributed by atoms with E-state index in [0.717, 1.165) is 0 Å². The van der Waals surface area contributed by atoms with Crippen molar-refractivity contribution in [3.8, 4) is 0 Å². The number of anilines is 1. The van der Waals surface area contributed by atoms with Crippen molar-refractivity contribution in [2.75, 3.05) is 18.4 Å². The van der Waals surface area contributed by atoms with Crippen molar-refractivity contribution in [2.45, 2.75) is 13.8 Å². The quantitative estimate of drug-likeness (QED) is 0.751. The molecule has 0 aliphatic carbocycles. The molecule has 2 aromatic carbocycles. The molecule has 0 saturated carbocycles. The van der Waals surface area contributed by atoms with E-state index in [1.54, 1.807) is 53.4 Å². The Balaban J connectivity index is 1.78. The Kier molecular flexibility index (Phi) is 5.35. The predicted molar refractivity (Wildman–Crippen MR) is 104 cm³/mol. The summed E-state index contributed by atoms with van der Waals surface area (Å²) in [7, 11) is 0. The molecule has 2 amide bonds.